The van der Waals surface area contributed by atoms with Crippen LogP contribution in [0.4, 0.5) is 0 Å². The van der Waals surface area contributed by atoms with Gasteiger partial charge in [-0.3, -0.25) is 0 Å². The van der Waals surface area contributed by atoms with Crippen LogP contribution in [0.5, 0.6) is 0 Å². The van der Waals surface area contributed by atoms with Crippen LogP contribution in [0.25, 0.3) is 22.3 Å². The molecule has 0 spiro atoms. The second-order valence-corrected chi connectivity index (χ2v) is 7.50. The standard InChI is InChI=1S/C16H12ClNO2S2/c17-15-6-5-13(9-16(15)22(18,19)20)11-1-3-12(4-2-11)14-7-8-21-10-14/h1-10H,(H2,18,19,20). The summed E-state index contributed by atoms with van der Waals surface area (Å²) < 4.78 is 23.1. The summed E-state index contributed by atoms with van der Waals surface area (Å²) in [4.78, 5) is -0.0615. The molecule has 0 aliphatic heterocycles. The molecule has 1 aromatic heterocycles. The van der Waals surface area contributed by atoms with Crippen molar-refractivity contribution in [2.45, 2.75) is 4.90 Å². The molecule has 3 rings (SSSR count). The molecule has 0 radical (unpaired) electrons. The molecule has 0 atom stereocenters. The number of primary sulfonamides is 1. The fourth-order valence-corrected chi connectivity index (χ4v) is 3.92. The summed E-state index contributed by atoms with van der Waals surface area (Å²) in [6, 6.07) is 14.8. The van der Waals surface area contributed by atoms with Gasteiger partial charge >= 0.3 is 0 Å². The van der Waals surface area contributed by atoms with Gasteiger partial charge in [0, 0.05) is 0 Å². The Morgan fingerprint density at radius 2 is 1.45 bits per heavy atom. The van der Waals surface area contributed by atoms with Gasteiger partial charge in [-0.15, -0.1) is 0 Å². The Morgan fingerprint density at radius 3 is 2.00 bits per heavy atom. The number of nitrogens with two attached hydrogens (primary N) is 1. The number of hydrogen-bond acceptors (Lipinski definition) is 3. The van der Waals surface area contributed by atoms with Crippen molar-refractivity contribution in [2.75, 3.05) is 0 Å². The molecular weight excluding hydrogens is 338 g/mol. The summed E-state index contributed by atoms with van der Waals surface area (Å²) in [6.07, 6.45) is 0. The van der Waals surface area contributed by atoms with Crippen LogP contribution in [0.1, 0.15) is 0 Å². The van der Waals surface area contributed by atoms with Crippen LogP contribution in [0.15, 0.2) is 64.2 Å². The molecule has 0 unspecified atom stereocenters. The molecule has 6 heteroatoms. The van der Waals surface area contributed by atoms with Crippen molar-refractivity contribution in [3.63, 3.8) is 0 Å². The zero-order valence-electron chi connectivity index (χ0n) is 11.4. The highest BCUT2D eigenvalue weighted by Crippen LogP contribution is 2.29. The van der Waals surface area contributed by atoms with E-state index in [4.69, 9.17) is 16.7 Å². The van der Waals surface area contributed by atoms with Crippen molar-refractivity contribution in [3.8, 4) is 22.3 Å². The van der Waals surface area contributed by atoms with Crippen molar-refractivity contribution in [3.05, 3.63) is 64.3 Å². The second-order valence-electron chi connectivity index (χ2n) is 4.78. The van der Waals surface area contributed by atoms with Gasteiger partial charge in [0.15, 0.2) is 0 Å². The van der Waals surface area contributed by atoms with Gasteiger partial charge in [-0.05, 0) is 51.2 Å². The van der Waals surface area contributed by atoms with Crippen molar-refractivity contribution < 1.29 is 8.42 Å². The SMILES string of the molecule is NS(=O)(=O)c1cc(-c2ccc(-c3ccsc3)cc2)ccc1Cl. The van der Waals surface area contributed by atoms with E-state index in [1.807, 2.05) is 29.6 Å². The number of hydrogen-bond donors (Lipinski definition) is 1. The van der Waals surface area contributed by atoms with Crippen LogP contribution < -0.4 is 5.14 Å². The molecule has 0 amide bonds. The maximum Gasteiger partial charge on any atom is 0.239 e. The van der Waals surface area contributed by atoms with Crippen molar-refractivity contribution in [1.82, 2.24) is 0 Å². The zero-order chi connectivity index (χ0) is 15.7. The van der Waals surface area contributed by atoms with E-state index in [-0.39, 0.29) is 9.92 Å². The van der Waals surface area contributed by atoms with E-state index >= 15 is 0 Å². The zero-order valence-corrected chi connectivity index (χ0v) is 13.8. The Bertz CT molecular complexity index is 902. The summed E-state index contributed by atoms with van der Waals surface area (Å²) >= 11 is 7.55. The third-order valence-corrected chi connectivity index (χ3v) is 5.39. The average molecular weight is 350 g/mol. The summed E-state index contributed by atoms with van der Waals surface area (Å²) in [5.41, 5.74) is 3.94. The molecule has 3 nitrogen and oxygen atoms in total. The molecule has 2 aromatic carbocycles. The van der Waals surface area contributed by atoms with E-state index in [9.17, 15) is 8.42 Å². The van der Waals surface area contributed by atoms with E-state index in [2.05, 4.69) is 11.4 Å². The van der Waals surface area contributed by atoms with Gasteiger partial charge in [-0.25, -0.2) is 13.6 Å². The quantitative estimate of drug-likeness (QED) is 0.762. The van der Waals surface area contributed by atoms with Gasteiger partial charge in [0.2, 0.25) is 10.0 Å². The first-order valence-electron chi connectivity index (χ1n) is 6.40. The van der Waals surface area contributed by atoms with E-state index in [1.54, 1.807) is 23.5 Å². The molecule has 22 heavy (non-hydrogen) atoms. The minimum Gasteiger partial charge on any atom is -0.225 e. The van der Waals surface area contributed by atoms with E-state index in [0.717, 1.165) is 22.3 Å². The topological polar surface area (TPSA) is 60.2 Å². The van der Waals surface area contributed by atoms with Crippen molar-refractivity contribution >= 4 is 33.0 Å². The van der Waals surface area contributed by atoms with Crippen LogP contribution in [-0.4, -0.2) is 8.42 Å². The molecule has 0 saturated carbocycles. The fourth-order valence-electron chi connectivity index (χ4n) is 2.18. The molecule has 112 valence electrons. The number of rotatable bonds is 3. The van der Waals surface area contributed by atoms with Crippen molar-refractivity contribution in [2.24, 2.45) is 5.14 Å². The summed E-state index contributed by atoms with van der Waals surface area (Å²) in [7, 11) is -3.84. The third kappa shape index (κ3) is 3.08. The lowest BCUT2D eigenvalue weighted by atomic mass is 10.0. The third-order valence-electron chi connectivity index (χ3n) is 3.31. The maximum absolute atomic E-state index is 11.5. The van der Waals surface area contributed by atoms with E-state index in [0.29, 0.717) is 0 Å². The van der Waals surface area contributed by atoms with Crippen LogP contribution in [-0.2, 0) is 10.0 Å². The highest BCUT2D eigenvalue weighted by Gasteiger charge is 2.14. The Labute approximate surface area is 138 Å². The predicted octanol–water partition coefficient (Wildman–Crippen LogP) is 4.38. The smallest absolute Gasteiger partial charge is 0.225 e. The molecule has 3 aromatic rings. The minimum atomic E-state index is -3.84. The highest BCUT2D eigenvalue weighted by molar-refractivity contribution is 7.89. The van der Waals surface area contributed by atoms with Crippen LogP contribution in [0.3, 0.4) is 0 Å². The van der Waals surface area contributed by atoms with Gasteiger partial charge in [-0.2, -0.15) is 11.3 Å². The number of benzene rings is 2. The van der Waals surface area contributed by atoms with E-state index in [1.165, 1.54) is 6.07 Å². The van der Waals surface area contributed by atoms with Gasteiger partial charge in [0.25, 0.3) is 0 Å². The van der Waals surface area contributed by atoms with Gasteiger partial charge in [0.1, 0.15) is 4.90 Å². The monoisotopic (exact) mass is 349 g/mol. The molecule has 0 aliphatic rings. The summed E-state index contributed by atoms with van der Waals surface area (Å²) in [5, 5.41) is 9.42. The Hall–Kier alpha value is -1.66. The highest BCUT2D eigenvalue weighted by atomic mass is 35.5. The molecule has 1 heterocycles. The number of halogens is 1. The first-order chi connectivity index (χ1) is 10.4. The average Bonchev–Trinajstić information content (AvgIpc) is 3.01. The van der Waals surface area contributed by atoms with Crippen LogP contribution in [0, 0.1) is 0 Å². The minimum absolute atomic E-state index is 0.0615. The summed E-state index contributed by atoms with van der Waals surface area (Å²) in [6.45, 7) is 0. The van der Waals surface area contributed by atoms with Gasteiger partial charge < -0.3 is 0 Å². The lowest BCUT2D eigenvalue weighted by molar-refractivity contribution is 0.598. The summed E-state index contributed by atoms with van der Waals surface area (Å²) in [5.74, 6) is 0. The Balaban J connectivity index is 2.02. The van der Waals surface area contributed by atoms with Crippen LogP contribution in [0.2, 0.25) is 5.02 Å². The van der Waals surface area contributed by atoms with Crippen molar-refractivity contribution in [1.29, 1.82) is 0 Å². The molecule has 0 fully saturated rings. The molecule has 0 saturated heterocycles. The molecule has 0 bridgehead atoms. The Morgan fingerprint density at radius 1 is 0.864 bits per heavy atom. The lowest BCUT2D eigenvalue weighted by Gasteiger charge is -2.07. The number of thiophene rings is 1. The van der Waals surface area contributed by atoms with E-state index < -0.39 is 10.0 Å². The lowest BCUT2D eigenvalue weighted by Crippen LogP contribution is -2.12. The van der Waals surface area contributed by atoms with Gasteiger partial charge in [-0.1, -0.05) is 41.9 Å². The molecular formula is C16H12ClNO2S2. The number of sulfonamides is 1. The normalized spacial score (nSPS) is 11.5. The largest absolute Gasteiger partial charge is 0.239 e. The van der Waals surface area contributed by atoms with Crippen LogP contribution >= 0.6 is 22.9 Å². The second kappa shape index (κ2) is 5.85. The first-order valence-corrected chi connectivity index (χ1v) is 9.27. The molecule has 0 aliphatic carbocycles. The van der Waals surface area contributed by atoms with Gasteiger partial charge in [0.05, 0.1) is 5.02 Å². The molecule has 2 N–H and O–H groups in total. The first kappa shape index (κ1) is 15.2. The fraction of sp³-hybridized carbons (Fsp3) is 0. The maximum atomic E-state index is 11.5. The Kier molecular flexibility index (Phi) is 4.06. The predicted molar refractivity (Wildman–Crippen MR) is 91.6 cm³/mol.